The van der Waals surface area contributed by atoms with Crippen LogP contribution in [0.15, 0.2) is 54.6 Å². The van der Waals surface area contributed by atoms with Crippen LogP contribution in [0.3, 0.4) is 0 Å². The van der Waals surface area contributed by atoms with Crippen molar-refractivity contribution >= 4 is 40.1 Å². The first-order chi connectivity index (χ1) is 17.3. The lowest BCUT2D eigenvalue weighted by molar-refractivity contribution is -0.123. The van der Waals surface area contributed by atoms with Gasteiger partial charge in [0.05, 0.1) is 35.3 Å². The Balaban J connectivity index is 1.57. The van der Waals surface area contributed by atoms with E-state index in [2.05, 4.69) is 10.3 Å². The van der Waals surface area contributed by atoms with E-state index in [1.807, 2.05) is 18.2 Å². The summed E-state index contributed by atoms with van der Waals surface area (Å²) in [4.78, 5) is 17.9. The SMILES string of the molecule is COc1ccc(CCNC(=O)[C@H](C)n2c(Cc3ccccc3F)nc3cc(Cl)c(Cl)cc32)cc1OC. The zero-order valence-electron chi connectivity index (χ0n) is 20.1. The van der Waals surface area contributed by atoms with Gasteiger partial charge in [0, 0.05) is 13.0 Å². The van der Waals surface area contributed by atoms with Crippen LogP contribution in [-0.4, -0.2) is 36.2 Å². The van der Waals surface area contributed by atoms with Crippen LogP contribution in [0.2, 0.25) is 10.0 Å². The number of nitrogens with one attached hydrogen (secondary N) is 1. The van der Waals surface area contributed by atoms with Crippen LogP contribution >= 0.6 is 23.2 Å². The van der Waals surface area contributed by atoms with E-state index < -0.39 is 6.04 Å². The fourth-order valence-electron chi connectivity index (χ4n) is 4.14. The number of hydrogen-bond acceptors (Lipinski definition) is 4. The van der Waals surface area contributed by atoms with E-state index in [0.717, 1.165) is 5.56 Å². The predicted molar refractivity (Wildman–Crippen MR) is 140 cm³/mol. The van der Waals surface area contributed by atoms with E-state index in [0.29, 0.717) is 56.9 Å². The third kappa shape index (κ3) is 5.42. The molecule has 0 fully saturated rings. The first-order valence-electron chi connectivity index (χ1n) is 11.4. The summed E-state index contributed by atoms with van der Waals surface area (Å²) >= 11 is 12.5. The first-order valence-corrected chi connectivity index (χ1v) is 12.2. The molecule has 188 valence electrons. The molecular weight excluding hydrogens is 504 g/mol. The molecule has 0 unspecified atom stereocenters. The van der Waals surface area contributed by atoms with Gasteiger partial charge in [0.15, 0.2) is 11.5 Å². The largest absolute Gasteiger partial charge is 0.493 e. The number of imidazole rings is 1. The van der Waals surface area contributed by atoms with Crippen LogP contribution < -0.4 is 14.8 Å². The number of carbonyl (C=O) groups excluding carboxylic acids is 1. The molecule has 1 atom stereocenters. The number of rotatable bonds is 9. The van der Waals surface area contributed by atoms with Crippen molar-refractivity contribution in [2.24, 2.45) is 0 Å². The molecule has 4 aromatic rings. The van der Waals surface area contributed by atoms with Gasteiger partial charge in [-0.1, -0.05) is 47.5 Å². The van der Waals surface area contributed by atoms with Crippen LogP contribution in [0.5, 0.6) is 11.5 Å². The molecule has 0 spiro atoms. The minimum Gasteiger partial charge on any atom is -0.493 e. The molecule has 0 saturated carbocycles. The highest BCUT2D eigenvalue weighted by molar-refractivity contribution is 6.42. The van der Waals surface area contributed by atoms with E-state index in [-0.39, 0.29) is 18.1 Å². The van der Waals surface area contributed by atoms with E-state index in [9.17, 15) is 9.18 Å². The molecule has 3 aromatic carbocycles. The molecule has 1 aromatic heterocycles. The zero-order chi connectivity index (χ0) is 25.8. The van der Waals surface area contributed by atoms with E-state index in [4.69, 9.17) is 32.7 Å². The number of ether oxygens (including phenoxy) is 2. The van der Waals surface area contributed by atoms with E-state index in [1.54, 1.807) is 56.0 Å². The number of benzene rings is 3. The summed E-state index contributed by atoms with van der Waals surface area (Å²) in [5, 5.41) is 3.70. The van der Waals surface area contributed by atoms with Crippen molar-refractivity contribution in [3.8, 4) is 11.5 Å². The zero-order valence-corrected chi connectivity index (χ0v) is 21.7. The van der Waals surface area contributed by atoms with Crippen LogP contribution in [0.1, 0.15) is 29.9 Å². The molecule has 6 nitrogen and oxygen atoms in total. The number of halogens is 3. The highest BCUT2D eigenvalue weighted by atomic mass is 35.5. The molecule has 1 N–H and O–H groups in total. The van der Waals surface area contributed by atoms with E-state index in [1.165, 1.54) is 6.07 Å². The van der Waals surface area contributed by atoms with E-state index >= 15 is 0 Å². The predicted octanol–water partition coefficient (Wildman–Crippen LogP) is 6.01. The molecule has 1 amide bonds. The van der Waals surface area contributed by atoms with Gasteiger partial charge in [-0.25, -0.2) is 9.37 Å². The Morgan fingerprint density at radius 1 is 1.06 bits per heavy atom. The monoisotopic (exact) mass is 529 g/mol. The van der Waals surface area contributed by atoms with Gasteiger partial charge < -0.3 is 19.4 Å². The molecule has 4 rings (SSSR count). The minimum absolute atomic E-state index is 0.198. The number of aromatic nitrogens is 2. The summed E-state index contributed by atoms with van der Waals surface area (Å²) in [5.74, 6) is 1.28. The Bertz CT molecular complexity index is 1410. The quantitative estimate of drug-likeness (QED) is 0.288. The van der Waals surface area contributed by atoms with Gasteiger partial charge in [-0.05, 0) is 54.8 Å². The van der Waals surface area contributed by atoms with Gasteiger partial charge in [0.2, 0.25) is 5.91 Å². The fourth-order valence-corrected chi connectivity index (χ4v) is 4.46. The highest BCUT2D eigenvalue weighted by Crippen LogP contribution is 2.31. The Labute approximate surface area is 218 Å². The van der Waals surface area contributed by atoms with Gasteiger partial charge in [0.25, 0.3) is 0 Å². The van der Waals surface area contributed by atoms with Gasteiger partial charge in [-0.3, -0.25) is 4.79 Å². The molecule has 1 heterocycles. The third-order valence-electron chi connectivity index (χ3n) is 6.04. The second-order valence-corrected chi connectivity index (χ2v) is 9.14. The summed E-state index contributed by atoms with van der Waals surface area (Å²) < 4.78 is 26.8. The van der Waals surface area contributed by atoms with Crippen LogP contribution in [0.25, 0.3) is 11.0 Å². The van der Waals surface area contributed by atoms with Crippen LogP contribution in [0, 0.1) is 5.82 Å². The molecule has 36 heavy (non-hydrogen) atoms. The lowest BCUT2D eigenvalue weighted by Crippen LogP contribution is -2.33. The molecule has 0 aliphatic carbocycles. The normalized spacial score (nSPS) is 11.9. The second kappa shape index (κ2) is 11.2. The molecular formula is C27H26Cl2FN3O3. The summed E-state index contributed by atoms with van der Waals surface area (Å²) in [6, 6.07) is 14.9. The van der Waals surface area contributed by atoms with Crippen LogP contribution in [0.4, 0.5) is 4.39 Å². The number of amides is 1. The van der Waals surface area contributed by atoms with Gasteiger partial charge >= 0.3 is 0 Å². The topological polar surface area (TPSA) is 65.4 Å². The van der Waals surface area contributed by atoms with Crippen molar-refractivity contribution in [1.29, 1.82) is 0 Å². The van der Waals surface area contributed by atoms with Crippen molar-refractivity contribution in [3.05, 3.63) is 87.4 Å². The maximum atomic E-state index is 14.4. The number of methoxy groups -OCH3 is 2. The molecule has 0 bridgehead atoms. The van der Waals surface area contributed by atoms with Gasteiger partial charge in [0.1, 0.15) is 17.7 Å². The average molecular weight is 530 g/mol. The molecule has 0 aliphatic heterocycles. The molecule has 9 heteroatoms. The summed E-state index contributed by atoms with van der Waals surface area (Å²) in [5.41, 5.74) is 2.71. The Kier molecular flexibility index (Phi) is 8.01. The second-order valence-electron chi connectivity index (χ2n) is 8.33. The number of nitrogens with zero attached hydrogens (tertiary/aromatic N) is 2. The maximum Gasteiger partial charge on any atom is 0.242 e. The van der Waals surface area contributed by atoms with Crippen molar-refractivity contribution in [3.63, 3.8) is 0 Å². The summed E-state index contributed by atoms with van der Waals surface area (Å²) in [7, 11) is 3.17. The van der Waals surface area contributed by atoms with Gasteiger partial charge in [-0.2, -0.15) is 0 Å². The average Bonchev–Trinajstić information content (AvgIpc) is 3.21. The third-order valence-corrected chi connectivity index (χ3v) is 6.76. The smallest absolute Gasteiger partial charge is 0.242 e. The highest BCUT2D eigenvalue weighted by Gasteiger charge is 2.23. The molecule has 0 aliphatic rings. The lowest BCUT2D eigenvalue weighted by Gasteiger charge is -2.18. The Morgan fingerprint density at radius 3 is 2.50 bits per heavy atom. The van der Waals surface area contributed by atoms with Crippen molar-refractivity contribution in [2.45, 2.75) is 25.8 Å². The Hall–Kier alpha value is -3.29. The van der Waals surface area contributed by atoms with Crippen molar-refractivity contribution in [2.75, 3.05) is 20.8 Å². The molecule has 0 saturated heterocycles. The summed E-state index contributed by atoms with van der Waals surface area (Å²) in [6.07, 6.45) is 0.812. The lowest BCUT2D eigenvalue weighted by atomic mass is 10.1. The number of hydrogen-bond donors (Lipinski definition) is 1. The van der Waals surface area contributed by atoms with Crippen LogP contribution in [-0.2, 0) is 17.6 Å². The fraction of sp³-hybridized carbons (Fsp3) is 0.259. The molecule has 0 radical (unpaired) electrons. The van der Waals surface area contributed by atoms with Crippen molar-refractivity contribution in [1.82, 2.24) is 14.9 Å². The minimum atomic E-state index is -0.626. The number of fused-ring (bicyclic) bond motifs is 1. The summed E-state index contributed by atoms with van der Waals surface area (Å²) in [6.45, 7) is 2.20. The van der Waals surface area contributed by atoms with Crippen molar-refractivity contribution < 1.29 is 18.7 Å². The van der Waals surface area contributed by atoms with Gasteiger partial charge in [-0.15, -0.1) is 0 Å². The standard InChI is InChI=1S/C27H26Cl2FN3O3/c1-16(27(34)31-11-10-17-8-9-24(35-2)25(12-17)36-3)33-23-15-20(29)19(28)14-22(23)32-26(33)13-18-6-4-5-7-21(18)30/h4-9,12,14-16H,10-11,13H2,1-3H3,(H,31,34)/t16-/m0/s1. The number of carbonyl (C=O) groups is 1. The Morgan fingerprint density at radius 2 is 1.78 bits per heavy atom. The maximum absolute atomic E-state index is 14.4. The first kappa shape index (κ1) is 25.8.